The Hall–Kier alpha value is -2.20. The normalized spacial score (nSPS) is 10.8. The molecule has 2 heterocycles. The first-order valence-corrected chi connectivity index (χ1v) is 6.62. The molecular formula is C15H13ClN4. The smallest absolute Gasteiger partial charge is 0.179 e. The summed E-state index contributed by atoms with van der Waals surface area (Å²) in [5.41, 5.74) is 3.59. The molecule has 4 nitrogen and oxygen atoms in total. The molecule has 0 radical (unpaired) electrons. The lowest BCUT2D eigenvalue weighted by Crippen LogP contribution is -2.01. The molecule has 3 rings (SSSR count). The monoisotopic (exact) mass is 284 g/mol. The minimum atomic E-state index is 0.468. The summed E-state index contributed by atoms with van der Waals surface area (Å²) in [7, 11) is 1.86. The predicted molar refractivity (Wildman–Crippen MR) is 79.4 cm³/mol. The Kier molecular flexibility index (Phi) is 3.24. The average molecular weight is 285 g/mol. The van der Waals surface area contributed by atoms with Gasteiger partial charge in [-0.1, -0.05) is 41.9 Å². The van der Waals surface area contributed by atoms with E-state index >= 15 is 0 Å². The number of benzene rings is 1. The van der Waals surface area contributed by atoms with Gasteiger partial charge in [-0.25, -0.2) is 9.97 Å². The Morgan fingerprint density at radius 1 is 1.05 bits per heavy atom. The summed E-state index contributed by atoms with van der Waals surface area (Å²) in [6, 6.07) is 11.8. The van der Waals surface area contributed by atoms with E-state index in [0.29, 0.717) is 11.0 Å². The van der Waals surface area contributed by atoms with Gasteiger partial charge in [0.05, 0.1) is 5.69 Å². The van der Waals surface area contributed by atoms with Crippen LogP contribution < -0.4 is 0 Å². The molecule has 20 heavy (non-hydrogen) atoms. The maximum Gasteiger partial charge on any atom is 0.179 e. The molecule has 0 aliphatic rings. The number of rotatable bonds is 2. The van der Waals surface area contributed by atoms with E-state index in [1.807, 2.05) is 50.4 Å². The van der Waals surface area contributed by atoms with Crippen LogP contribution in [-0.4, -0.2) is 19.7 Å². The molecule has 5 heteroatoms. The summed E-state index contributed by atoms with van der Waals surface area (Å²) < 4.78 is 1.73. The maximum atomic E-state index is 6.26. The highest BCUT2D eigenvalue weighted by Crippen LogP contribution is 2.28. The van der Waals surface area contributed by atoms with E-state index in [1.54, 1.807) is 10.9 Å². The van der Waals surface area contributed by atoms with Crippen molar-refractivity contribution >= 4 is 11.6 Å². The lowest BCUT2D eigenvalue weighted by atomic mass is 10.1. The van der Waals surface area contributed by atoms with E-state index in [9.17, 15) is 0 Å². The van der Waals surface area contributed by atoms with Gasteiger partial charge in [0, 0.05) is 24.4 Å². The van der Waals surface area contributed by atoms with Crippen molar-refractivity contribution in [3.8, 4) is 22.8 Å². The highest BCUT2D eigenvalue weighted by molar-refractivity contribution is 6.30. The molecule has 0 aliphatic heterocycles. The Labute approximate surface area is 122 Å². The first-order valence-electron chi connectivity index (χ1n) is 6.25. The van der Waals surface area contributed by atoms with Crippen LogP contribution in [0, 0.1) is 6.92 Å². The van der Waals surface area contributed by atoms with Crippen LogP contribution in [0.15, 0.2) is 42.6 Å². The molecule has 0 saturated heterocycles. The van der Waals surface area contributed by atoms with E-state index in [-0.39, 0.29) is 0 Å². The molecule has 0 aliphatic carbocycles. The van der Waals surface area contributed by atoms with E-state index in [1.165, 1.54) is 0 Å². The SMILES string of the molecule is Cc1c(Cl)nc(-c2ccnn2C)nc1-c1ccccc1. The minimum Gasteiger partial charge on any atom is -0.265 e. The zero-order valence-electron chi connectivity index (χ0n) is 11.2. The van der Waals surface area contributed by atoms with Crippen molar-refractivity contribution in [2.75, 3.05) is 0 Å². The van der Waals surface area contributed by atoms with E-state index in [0.717, 1.165) is 22.5 Å². The Morgan fingerprint density at radius 2 is 1.80 bits per heavy atom. The highest BCUT2D eigenvalue weighted by Gasteiger charge is 2.14. The third-order valence-corrected chi connectivity index (χ3v) is 3.55. The van der Waals surface area contributed by atoms with Crippen molar-refractivity contribution in [2.24, 2.45) is 7.05 Å². The van der Waals surface area contributed by atoms with Crippen LogP contribution in [0.4, 0.5) is 0 Å². The second-order valence-electron chi connectivity index (χ2n) is 4.52. The first kappa shape index (κ1) is 12.8. The summed E-state index contributed by atoms with van der Waals surface area (Å²) in [4.78, 5) is 9.01. The van der Waals surface area contributed by atoms with Crippen molar-refractivity contribution in [1.29, 1.82) is 0 Å². The second-order valence-corrected chi connectivity index (χ2v) is 4.88. The Balaban J connectivity index is 2.21. The van der Waals surface area contributed by atoms with Gasteiger partial charge in [-0.2, -0.15) is 5.10 Å². The van der Waals surface area contributed by atoms with Crippen molar-refractivity contribution in [3.05, 3.63) is 53.3 Å². The molecular weight excluding hydrogens is 272 g/mol. The number of aromatic nitrogens is 4. The summed E-state index contributed by atoms with van der Waals surface area (Å²) in [5.74, 6) is 0.583. The summed E-state index contributed by atoms with van der Waals surface area (Å²) in [6.45, 7) is 1.93. The lowest BCUT2D eigenvalue weighted by Gasteiger charge is -2.09. The molecule has 1 aromatic carbocycles. The van der Waals surface area contributed by atoms with Crippen molar-refractivity contribution in [2.45, 2.75) is 6.92 Å². The molecule has 0 unspecified atom stereocenters. The van der Waals surface area contributed by atoms with Gasteiger partial charge in [0.15, 0.2) is 5.82 Å². The molecule has 0 fully saturated rings. The molecule has 0 saturated carbocycles. The molecule has 2 aromatic heterocycles. The topological polar surface area (TPSA) is 43.6 Å². The summed E-state index contributed by atoms with van der Waals surface area (Å²) >= 11 is 6.26. The predicted octanol–water partition coefficient (Wildman–Crippen LogP) is 3.51. The Morgan fingerprint density at radius 3 is 2.45 bits per heavy atom. The third-order valence-electron chi connectivity index (χ3n) is 3.18. The van der Waals surface area contributed by atoms with Crippen LogP contribution in [0.25, 0.3) is 22.8 Å². The van der Waals surface area contributed by atoms with Crippen molar-refractivity contribution in [3.63, 3.8) is 0 Å². The van der Waals surface area contributed by atoms with Gasteiger partial charge in [-0.15, -0.1) is 0 Å². The van der Waals surface area contributed by atoms with Crippen LogP contribution >= 0.6 is 11.6 Å². The van der Waals surface area contributed by atoms with Gasteiger partial charge in [0.1, 0.15) is 10.8 Å². The fraction of sp³-hybridized carbons (Fsp3) is 0.133. The number of nitrogens with zero attached hydrogens (tertiary/aromatic N) is 4. The molecule has 100 valence electrons. The van der Waals surface area contributed by atoms with E-state index in [2.05, 4.69) is 15.1 Å². The van der Waals surface area contributed by atoms with Crippen molar-refractivity contribution in [1.82, 2.24) is 19.7 Å². The standard InChI is InChI=1S/C15H13ClN4/c1-10-13(11-6-4-3-5-7-11)18-15(19-14(10)16)12-8-9-17-20(12)2/h3-9H,1-2H3. The van der Waals surface area contributed by atoms with Crippen molar-refractivity contribution < 1.29 is 0 Å². The molecule has 0 bridgehead atoms. The average Bonchev–Trinajstić information content (AvgIpc) is 2.89. The van der Waals surface area contributed by atoms with Crippen LogP contribution in [-0.2, 0) is 7.05 Å². The number of hydrogen-bond donors (Lipinski definition) is 0. The zero-order valence-corrected chi connectivity index (χ0v) is 12.0. The molecule has 0 amide bonds. The lowest BCUT2D eigenvalue weighted by molar-refractivity contribution is 0.770. The molecule has 0 atom stereocenters. The van der Waals surface area contributed by atoms with E-state index in [4.69, 9.17) is 11.6 Å². The van der Waals surface area contributed by atoms with Gasteiger partial charge in [-0.3, -0.25) is 4.68 Å². The van der Waals surface area contributed by atoms with Crippen LogP contribution in [0.1, 0.15) is 5.56 Å². The van der Waals surface area contributed by atoms with E-state index < -0.39 is 0 Å². The summed E-state index contributed by atoms with van der Waals surface area (Å²) in [6.07, 6.45) is 1.72. The first-order chi connectivity index (χ1) is 9.66. The molecule has 0 spiro atoms. The Bertz CT molecular complexity index is 750. The molecule has 3 aromatic rings. The van der Waals surface area contributed by atoms with Crippen LogP contribution in [0.5, 0.6) is 0 Å². The largest absolute Gasteiger partial charge is 0.265 e. The van der Waals surface area contributed by atoms with Gasteiger partial charge in [0.2, 0.25) is 0 Å². The fourth-order valence-corrected chi connectivity index (χ4v) is 2.24. The highest BCUT2D eigenvalue weighted by atomic mass is 35.5. The van der Waals surface area contributed by atoms with Crippen LogP contribution in [0.3, 0.4) is 0 Å². The van der Waals surface area contributed by atoms with Gasteiger partial charge in [-0.05, 0) is 13.0 Å². The van der Waals surface area contributed by atoms with Gasteiger partial charge >= 0.3 is 0 Å². The number of halogens is 1. The van der Waals surface area contributed by atoms with Gasteiger partial charge in [0.25, 0.3) is 0 Å². The molecule has 0 N–H and O–H groups in total. The number of aryl methyl sites for hydroxylation is 1. The van der Waals surface area contributed by atoms with Gasteiger partial charge < -0.3 is 0 Å². The minimum absolute atomic E-state index is 0.468. The quantitative estimate of drug-likeness (QED) is 0.677. The second kappa shape index (κ2) is 5.06. The summed E-state index contributed by atoms with van der Waals surface area (Å²) in [5, 5.41) is 4.61. The van der Waals surface area contributed by atoms with Crippen LogP contribution in [0.2, 0.25) is 5.15 Å². The third kappa shape index (κ3) is 2.18. The fourth-order valence-electron chi connectivity index (χ4n) is 2.07. The maximum absolute atomic E-state index is 6.26. The zero-order chi connectivity index (χ0) is 14.1. The number of hydrogen-bond acceptors (Lipinski definition) is 3.